The van der Waals surface area contributed by atoms with Gasteiger partial charge in [0, 0.05) is 19.1 Å². The highest BCUT2D eigenvalue weighted by atomic mass is 32.2. The van der Waals surface area contributed by atoms with Crippen LogP contribution in [0.5, 0.6) is 0 Å². The summed E-state index contributed by atoms with van der Waals surface area (Å²) in [6.45, 7) is 6.61. The molecule has 27 heavy (non-hydrogen) atoms. The summed E-state index contributed by atoms with van der Waals surface area (Å²) in [5.41, 5.74) is 1.64. The fourth-order valence-corrected chi connectivity index (χ4v) is 7.11. The van der Waals surface area contributed by atoms with Crippen molar-refractivity contribution in [1.29, 1.82) is 0 Å². The lowest BCUT2D eigenvalue weighted by Crippen LogP contribution is -2.47. The Morgan fingerprint density at radius 2 is 1.56 bits per heavy atom. The van der Waals surface area contributed by atoms with Gasteiger partial charge in [-0.15, -0.1) is 0 Å². The lowest BCUT2D eigenvalue weighted by molar-refractivity contribution is 0.308. The highest BCUT2D eigenvalue weighted by Crippen LogP contribution is 2.24. The van der Waals surface area contributed by atoms with Crippen LogP contribution in [0.15, 0.2) is 23.1 Å². The Hall–Kier alpha value is -0.960. The maximum Gasteiger partial charge on any atom is 0.241 e. The first-order valence-corrected chi connectivity index (χ1v) is 12.9. The van der Waals surface area contributed by atoms with E-state index in [1.165, 1.54) is 4.31 Å². The lowest BCUT2D eigenvalue weighted by atomic mass is 10.1. The highest BCUT2D eigenvalue weighted by molar-refractivity contribution is 7.89. The van der Waals surface area contributed by atoms with E-state index in [1.54, 1.807) is 0 Å². The van der Waals surface area contributed by atoms with Gasteiger partial charge in [-0.1, -0.05) is 45.4 Å². The molecule has 1 saturated heterocycles. The van der Waals surface area contributed by atoms with Crippen molar-refractivity contribution in [3.8, 4) is 0 Å². The van der Waals surface area contributed by atoms with Crippen LogP contribution in [0.4, 0.5) is 0 Å². The minimum absolute atomic E-state index is 0.170. The third-order valence-corrected chi connectivity index (χ3v) is 8.80. The molecular formula is C19H32N2O4S2. The number of unbranched alkanes of at least 4 members (excludes halogenated alkanes) is 1. The van der Waals surface area contributed by atoms with E-state index in [2.05, 4.69) is 4.72 Å². The summed E-state index contributed by atoms with van der Waals surface area (Å²) in [6, 6.07) is 5.38. The molecule has 154 valence electrons. The second-order valence-electron chi connectivity index (χ2n) is 7.08. The standard InChI is InChI=1S/C19H32N2O4S2/c1-4-7-15-26(22,23)21-13-11-18(12-14-21)20-27(24,25)19-16(5-2)9-8-10-17(19)6-3/h8-10,18,20H,4-7,11-15H2,1-3H3. The summed E-state index contributed by atoms with van der Waals surface area (Å²) in [5, 5.41) is 0. The van der Waals surface area contributed by atoms with Gasteiger partial charge in [0.05, 0.1) is 10.6 Å². The molecule has 0 saturated carbocycles. The van der Waals surface area contributed by atoms with Crippen molar-refractivity contribution in [2.75, 3.05) is 18.8 Å². The zero-order valence-corrected chi connectivity index (χ0v) is 18.2. The summed E-state index contributed by atoms with van der Waals surface area (Å²) < 4.78 is 55.0. The van der Waals surface area contributed by atoms with Crippen LogP contribution >= 0.6 is 0 Å². The molecule has 6 nitrogen and oxygen atoms in total. The van der Waals surface area contributed by atoms with Crippen LogP contribution in [0, 0.1) is 0 Å². The Balaban J connectivity index is 2.09. The average Bonchev–Trinajstić information content (AvgIpc) is 2.65. The van der Waals surface area contributed by atoms with E-state index in [0.29, 0.717) is 50.1 Å². The number of hydrogen-bond acceptors (Lipinski definition) is 4. The molecule has 1 fully saturated rings. The second-order valence-corrected chi connectivity index (χ2v) is 10.8. The third-order valence-electron chi connectivity index (χ3n) is 5.13. The molecule has 1 aliphatic rings. The minimum atomic E-state index is -3.63. The quantitative estimate of drug-likeness (QED) is 0.671. The van der Waals surface area contributed by atoms with Crippen molar-refractivity contribution in [1.82, 2.24) is 9.03 Å². The average molecular weight is 417 g/mol. The van der Waals surface area contributed by atoms with Gasteiger partial charge in [0.15, 0.2) is 0 Å². The molecule has 1 aromatic carbocycles. The first-order chi connectivity index (χ1) is 12.7. The molecule has 1 heterocycles. The number of nitrogens with one attached hydrogen (secondary N) is 1. The molecule has 0 spiro atoms. The van der Waals surface area contributed by atoms with E-state index < -0.39 is 20.0 Å². The van der Waals surface area contributed by atoms with E-state index in [0.717, 1.165) is 17.5 Å². The predicted molar refractivity (Wildman–Crippen MR) is 109 cm³/mol. The molecule has 0 bridgehead atoms. The Bertz CT molecular complexity index is 805. The van der Waals surface area contributed by atoms with Crippen molar-refractivity contribution in [2.24, 2.45) is 0 Å². The number of benzene rings is 1. The fourth-order valence-electron chi connectivity index (χ4n) is 3.53. The van der Waals surface area contributed by atoms with Gasteiger partial charge in [-0.05, 0) is 43.2 Å². The van der Waals surface area contributed by atoms with E-state index in [4.69, 9.17) is 0 Å². The van der Waals surface area contributed by atoms with E-state index in [1.807, 2.05) is 39.0 Å². The van der Waals surface area contributed by atoms with Gasteiger partial charge in [0.2, 0.25) is 20.0 Å². The summed E-state index contributed by atoms with van der Waals surface area (Å²) >= 11 is 0. The first-order valence-electron chi connectivity index (χ1n) is 9.86. The summed E-state index contributed by atoms with van der Waals surface area (Å²) in [6.07, 6.45) is 3.80. The second kappa shape index (κ2) is 9.49. The SMILES string of the molecule is CCCCS(=O)(=O)N1CCC(NS(=O)(=O)c2c(CC)cccc2CC)CC1. The number of aryl methyl sites for hydroxylation is 2. The van der Waals surface area contributed by atoms with Crippen molar-refractivity contribution < 1.29 is 16.8 Å². The zero-order chi connectivity index (χ0) is 20.1. The maximum absolute atomic E-state index is 13.0. The number of piperidine rings is 1. The Morgan fingerprint density at radius 3 is 2.04 bits per heavy atom. The topological polar surface area (TPSA) is 83.6 Å². The molecule has 0 radical (unpaired) electrons. The van der Waals surface area contributed by atoms with Crippen molar-refractivity contribution in [3.05, 3.63) is 29.3 Å². The van der Waals surface area contributed by atoms with Crippen LogP contribution in [0.25, 0.3) is 0 Å². The molecule has 2 rings (SSSR count). The molecular weight excluding hydrogens is 384 g/mol. The van der Waals surface area contributed by atoms with Crippen molar-refractivity contribution in [3.63, 3.8) is 0 Å². The monoisotopic (exact) mass is 416 g/mol. The molecule has 1 N–H and O–H groups in total. The summed E-state index contributed by atoms with van der Waals surface area (Å²) in [7, 11) is -6.86. The fraction of sp³-hybridized carbons (Fsp3) is 0.684. The molecule has 0 aliphatic carbocycles. The predicted octanol–water partition coefficient (Wildman–Crippen LogP) is 2.68. The number of hydrogen-bond donors (Lipinski definition) is 1. The molecule has 8 heteroatoms. The minimum Gasteiger partial charge on any atom is -0.212 e. The molecule has 0 unspecified atom stereocenters. The molecule has 0 amide bonds. The van der Waals surface area contributed by atoms with Gasteiger partial charge in [-0.25, -0.2) is 25.9 Å². The van der Waals surface area contributed by atoms with Gasteiger partial charge in [-0.2, -0.15) is 0 Å². The van der Waals surface area contributed by atoms with Gasteiger partial charge in [-0.3, -0.25) is 0 Å². The van der Waals surface area contributed by atoms with E-state index in [-0.39, 0.29) is 11.8 Å². The van der Waals surface area contributed by atoms with Gasteiger partial charge >= 0.3 is 0 Å². The molecule has 1 aliphatic heterocycles. The first kappa shape index (κ1) is 22.3. The molecule has 0 aromatic heterocycles. The van der Waals surface area contributed by atoms with Crippen LogP contribution in [0.3, 0.4) is 0 Å². The van der Waals surface area contributed by atoms with Gasteiger partial charge < -0.3 is 0 Å². The zero-order valence-electron chi connectivity index (χ0n) is 16.6. The van der Waals surface area contributed by atoms with Gasteiger partial charge in [0.25, 0.3) is 0 Å². The number of sulfonamides is 2. The lowest BCUT2D eigenvalue weighted by Gasteiger charge is -2.31. The van der Waals surface area contributed by atoms with E-state index in [9.17, 15) is 16.8 Å². The van der Waals surface area contributed by atoms with Crippen LogP contribution in [0.1, 0.15) is 57.6 Å². The van der Waals surface area contributed by atoms with Crippen LogP contribution < -0.4 is 4.72 Å². The summed E-state index contributed by atoms with van der Waals surface area (Å²) in [5.74, 6) is 0.170. The van der Waals surface area contributed by atoms with E-state index >= 15 is 0 Å². The Morgan fingerprint density at radius 1 is 1.00 bits per heavy atom. The highest BCUT2D eigenvalue weighted by Gasteiger charge is 2.31. The number of nitrogens with zero attached hydrogens (tertiary/aromatic N) is 1. The third kappa shape index (κ3) is 5.53. The molecule has 1 aromatic rings. The molecule has 0 atom stereocenters. The largest absolute Gasteiger partial charge is 0.241 e. The van der Waals surface area contributed by atoms with Crippen molar-refractivity contribution >= 4 is 20.0 Å². The normalized spacial score (nSPS) is 17.3. The van der Waals surface area contributed by atoms with Crippen molar-refractivity contribution in [2.45, 2.75) is 70.2 Å². The van der Waals surface area contributed by atoms with Crippen LogP contribution in [0.2, 0.25) is 0 Å². The number of rotatable bonds is 9. The van der Waals surface area contributed by atoms with Crippen LogP contribution in [-0.2, 0) is 32.9 Å². The summed E-state index contributed by atoms with van der Waals surface area (Å²) in [4.78, 5) is 0.396. The van der Waals surface area contributed by atoms with Crippen LogP contribution in [-0.4, -0.2) is 46.0 Å². The Labute approximate surface area is 164 Å². The Kier molecular flexibility index (Phi) is 7.85. The van der Waals surface area contributed by atoms with Gasteiger partial charge in [0.1, 0.15) is 0 Å². The maximum atomic E-state index is 13.0. The smallest absolute Gasteiger partial charge is 0.212 e.